The summed E-state index contributed by atoms with van der Waals surface area (Å²) in [5.74, 6) is 0.587. The zero-order chi connectivity index (χ0) is 18.4. The number of hydrogen-bond acceptors (Lipinski definition) is 4. The lowest BCUT2D eigenvalue weighted by atomic mass is 10.2. The van der Waals surface area contributed by atoms with Gasteiger partial charge in [-0.15, -0.1) is 16.8 Å². The first-order valence-corrected chi connectivity index (χ1v) is 8.93. The zero-order valence-electron chi connectivity index (χ0n) is 13.9. The van der Waals surface area contributed by atoms with E-state index < -0.39 is 5.82 Å². The number of ether oxygens (including phenoxy) is 1. The molecule has 0 fully saturated rings. The van der Waals surface area contributed by atoms with Gasteiger partial charge in [0.25, 0.3) is 0 Å². The normalized spacial score (nSPS) is 10.7. The molecule has 26 heavy (non-hydrogen) atoms. The fourth-order valence-corrected chi connectivity index (χ4v) is 3.23. The molecule has 1 aromatic heterocycles. The van der Waals surface area contributed by atoms with Crippen LogP contribution in [-0.4, -0.2) is 14.8 Å². The summed E-state index contributed by atoms with van der Waals surface area (Å²) < 4.78 is 34.3. The van der Waals surface area contributed by atoms with E-state index in [1.165, 1.54) is 30.0 Å². The van der Waals surface area contributed by atoms with Crippen LogP contribution in [-0.2, 0) is 18.9 Å². The van der Waals surface area contributed by atoms with Gasteiger partial charge in [0.15, 0.2) is 22.5 Å². The van der Waals surface area contributed by atoms with E-state index in [9.17, 15) is 8.78 Å². The van der Waals surface area contributed by atoms with Crippen LogP contribution in [0.25, 0.3) is 0 Å². The number of nitrogens with zero attached hydrogens (tertiary/aromatic N) is 3. The Labute approximate surface area is 154 Å². The van der Waals surface area contributed by atoms with Gasteiger partial charge in [0.2, 0.25) is 0 Å². The molecule has 3 aromatic rings. The van der Waals surface area contributed by atoms with E-state index in [4.69, 9.17) is 4.74 Å². The average Bonchev–Trinajstić information content (AvgIpc) is 3.02. The summed E-state index contributed by atoms with van der Waals surface area (Å²) in [5, 5.41) is 8.97. The number of hydrogen-bond donors (Lipinski definition) is 0. The minimum Gasteiger partial charge on any atom is -0.483 e. The van der Waals surface area contributed by atoms with Crippen LogP contribution in [0.15, 0.2) is 66.3 Å². The van der Waals surface area contributed by atoms with E-state index in [-0.39, 0.29) is 18.2 Å². The van der Waals surface area contributed by atoms with Crippen molar-refractivity contribution >= 4 is 11.8 Å². The molecule has 0 N–H and O–H groups in total. The molecule has 0 bridgehead atoms. The highest BCUT2D eigenvalue weighted by Crippen LogP contribution is 2.23. The van der Waals surface area contributed by atoms with Crippen molar-refractivity contribution in [3.05, 3.63) is 84.2 Å². The van der Waals surface area contributed by atoms with E-state index in [1.807, 2.05) is 10.6 Å². The van der Waals surface area contributed by atoms with Gasteiger partial charge in [-0.05, 0) is 29.8 Å². The maximum Gasteiger partial charge on any atom is 0.191 e. The molecule has 0 atom stereocenters. The van der Waals surface area contributed by atoms with Gasteiger partial charge in [0, 0.05) is 12.3 Å². The Kier molecular flexibility index (Phi) is 6.01. The maximum absolute atomic E-state index is 13.7. The number of halogens is 2. The maximum atomic E-state index is 13.7. The van der Waals surface area contributed by atoms with E-state index in [0.29, 0.717) is 23.3 Å². The van der Waals surface area contributed by atoms with Crippen molar-refractivity contribution in [2.24, 2.45) is 0 Å². The third-order valence-corrected chi connectivity index (χ3v) is 4.59. The molecule has 1 heterocycles. The fourth-order valence-electron chi connectivity index (χ4n) is 2.32. The summed E-state index contributed by atoms with van der Waals surface area (Å²) in [7, 11) is 0. The summed E-state index contributed by atoms with van der Waals surface area (Å²) in [6, 6.07) is 12.6. The molecule has 0 aliphatic carbocycles. The molecule has 7 heteroatoms. The van der Waals surface area contributed by atoms with E-state index in [0.717, 1.165) is 5.56 Å². The highest BCUT2D eigenvalue weighted by atomic mass is 32.2. The van der Waals surface area contributed by atoms with Gasteiger partial charge < -0.3 is 4.74 Å². The average molecular weight is 373 g/mol. The molecule has 0 aliphatic heterocycles. The van der Waals surface area contributed by atoms with Crippen molar-refractivity contribution in [2.45, 2.75) is 24.1 Å². The predicted octanol–water partition coefficient (Wildman–Crippen LogP) is 4.61. The van der Waals surface area contributed by atoms with Crippen molar-refractivity contribution in [3.63, 3.8) is 0 Å². The molecule has 0 amide bonds. The lowest BCUT2D eigenvalue weighted by molar-refractivity contribution is 0.275. The van der Waals surface area contributed by atoms with Crippen LogP contribution in [0.2, 0.25) is 0 Å². The number of rotatable bonds is 8. The van der Waals surface area contributed by atoms with Gasteiger partial charge in [-0.2, -0.15) is 0 Å². The number of para-hydroxylation sites is 1. The zero-order valence-corrected chi connectivity index (χ0v) is 14.8. The minimum absolute atomic E-state index is 0.0856. The summed E-state index contributed by atoms with van der Waals surface area (Å²) in [4.78, 5) is 0. The second kappa shape index (κ2) is 8.62. The monoisotopic (exact) mass is 373 g/mol. The number of allylic oxidation sites excluding steroid dienone is 1. The number of aromatic nitrogens is 3. The van der Waals surface area contributed by atoms with Crippen LogP contribution in [0.5, 0.6) is 5.75 Å². The lowest BCUT2D eigenvalue weighted by Gasteiger charge is -2.09. The Morgan fingerprint density at radius 1 is 1.12 bits per heavy atom. The highest BCUT2D eigenvalue weighted by molar-refractivity contribution is 7.98. The largest absolute Gasteiger partial charge is 0.483 e. The highest BCUT2D eigenvalue weighted by Gasteiger charge is 2.13. The van der Waals surface area contributed by atoms with Crippen LogP contribution in [0, 0.1) is 11.6 Å². The van der Waals surface area contributed by atoms with Gasteiger partial charge >= 0.3 is 0 Å². The number of thioether (sulfide) groups is 1. The third-order valence-electron chi connectivity index (χ3n) is 3.56. The van der Waals surface area contributed by atoms with Crippen LogP contribution >= 0.6 is 11.8 Å². The van der Waals surface area contributed by atoms with Crippen LogP contribution in [0.3, 0.4) is 0 Å². The van der Waals surface area contributed by atoms with Crippen molar-refractivity contribution < 1.29 is 13.5 Å². The van der Waals surface area contributed by atoms with Gasteiger partial charge in [-0.3, -0.25) is 4.57 Å². The molecule has 0 radical (unpaired) electrons. The molecule has 0 spiro atoms. The van der Waals surface area contributed by atoms with Gasteiger partial charge in [-0.25, -0.2) is 8.78 Å². The second-order valence-electron chi connectivity index (χ2n) is 5.44. The van der Waals surface area contributed by atoms with Crippen LogP contribution in [0.4, 0.5) is 8.78 Å². The van der Waals surface area contributed by atoms with Crippen molar-refractivity contribution in [1.29, 1.82) is 0 Å². The topological polar surface area (TPSA) is 39.9 Å². The molecular weight excluding hydrogens is 356 g/mol. The molecule has 0 saturated carbocycles. The van der Waals surface area contributed by atoms with Crippen molar-refractivity contribution in [1.82, 2.24) is 14.8 Å². The van der Waals surface area contributed by atoms with Gasteiger partial charge in [0.05, 0.1) is 0 Å². The molecular formula is C19H17F2N3OS. The van der Waals surface area contributed by atoms with Gasteiger partial charge in [-0.1, -0.05) is 42.1 Å². The second-order valence-corrected chi connectivity index (χ2v) is 6.38. The SMILES string of the molecule is C=CCn1c(COc2ccccc2F)nnc1SCc1cccc(F)c1. The smallest absolute Gasteiger partial charge is 0.191 e. The first kappa shape index (κ1) is 18.1. The summed E-state index contributed by atoms with van der Waals surface area (Å²) in [5.41, 5.74) is 0.854. The number of benzene rings is 2. The summed E-state index contributed by atoms with van der Waals surface area (Å²) >= 11 is 1.44. The summed E-state index contributed by atoms with van der Waals surface area (Å²) in [6.07, 6.45) is 1.72. The fraction of sp³-hybridized carbons (Fsp3) is 0.158. The standard InChI is InChI=1S/C19H17F2N3OS/c1-2-10-24-18(12-25-17-9-4-3-8-16(17)21)22-23-19(24)26-13-14-6-5-7-15(20)11-14/h2-9,11H,1,10,12-13H2. The first-order chi connectivity index (χ1) is 12.7. The molecule has 134 valence electrons. The Morgan fingerprint density at radius 2 is 1.96 bits per heavy atom. The van der Waals surface area contributed by atoms with Crippen LogP contribution in [0.1, 0.15) is 11.4 Å². The molecule has 0 saturated heterocycles. The van der Waals surface area contributed by atoms with E-state index in [2.05, 4.69) is 16.8 Å². The molecule has 4 nitrogen and oxygen atoms in total. The van der Waals surface area contributed by atoms with Gasteiger partial charge in [0.1, 0.15) is 12.4 Å². The Morgan fingerprint density at radius 3 is 2.73 bits per heavy atom. The predicted molar refractivity (Wildman–Crippen MR) is 96.9 cm³/mol. The van der Waals surface area contributed by atoms with Crippen LogP contribution < -0.4 is 4.74 Å². The van der Waals surface area contributed by atoms with Crippen molar-refractivity contribution in [3.8, 4) is 5.75 Å². The molecule has 0 aliphatic rings. The minimum atomic E-state index is -0.428. The first-order valence-electron chi connectivity index (χ1n) is 7.95. The molecule has 0 unspecified atom stereocenters. The van der Waals surface area contributed by atoms with E-state index in [1.54, 1.807) is 30.3 Å². The Balaban J connectivity index is 1.71. The quantitative estimate of drug-likeness (QED) is 0.427. The molecule has 3 rings (SSSR count). The summed E-state index contributed by atoms with van der Waals surface area (Å²) in [6.45, 7) is 4.32. The Hall–Kier alpha value is -2.67. The molecule has 2 aromatic carbocycles. The lowest BCUT2D eigenvalue weighted by Crippen LogP contribution is -2.08. The third kappa shape index (κ3) is 4.49. The Bertz CT molecular complexity index is 898. The van der Waals surface area contributed by atoms with E-state index >= 15 is 0 Å². The van der Waals surface area contributed by atoms with Crippen molar-refractivity contribution in [2.75, 3.05) is 0 Å².